The summed E-state index contributed by atoms with van der Waals surface area (Å²) in [5.74, 6) is -1.55. The molecule has 6 nitrogen and oxygen atoms in total. The topological polar surface area (TPSA) is 95.9 Å². The predicted octanol–water partition coefficient (Wildman–Crippen LogP) is 0.541. The third-order valence-electron chi connectivity index (χ3n) is 2.59. The van der Waals surface area contributed by atoms with Crippen molar-refractivity contribution in [3.05, 3.63) is 29.8 Å². The van der Waals surface area contributed by atoms with Crippen molar-refractivity contribution in [2.75, 3.05) is 13.7 Å². The second-order valence-corrected chi connectivity index (χ2v) is 4.05. The highest BCUT2D eigenvalue weighted by molar-refractivity contribution is 5.85. The molecule has 1 aromatic rings. The number of carbonyl (C=O) groups excluding carboxylic acids is 1. The van der Waals surface area contributed by atoms with Gasteiger partial charge >= 0.3 is 5.97 Å². The van der Waals surface area contributed by atoms with Crippen molar-refractivity contribution in [2.24, 2.45) is 0 Å². The minimum absolute atomic E-state index is 0.0152. The Morgan fingerprint density at radius 2 is 2.05 bits per heavy atom. The monoisotopic (exact) mass is 267 g/mol. The van der Waals surface area contributed by atoms with Crippen LogP contribution in [0.4, 0.5) is 0 Å². The fourth-order valence-electron chi connectivity index (χ4n) is 1.57. The van der Waals surface area contributed by atoms with Crippen LogP contribution in [0.1, 0.15) is 12.0 Å². The Labute approximate surface area is 111 Å². The van der Waals surface area contributed by atoms with Gasteiger partial charge in [0.05, 0.1) is 6.42 Å². The molecule has 0 bridgehead atoms. The van der Waals surface area contributed by atoms with E-state index in [9.17, 15) is 14.7 Å². The highest BCUT2D eigenvalue weighted by Crippen LogP contribution is 2.15. The third kappa shape index (κ3) is 4.97. The number of ether oxygens (including phenoxy) is 1. The second kappa shape index (κ2) is 7.38. The molecule has 0 spiro atoms. The molecule has 6 heteroatoms. The van der Waals surface area contributed by atoms with Crippen LogP contribution in [0.25, 0.3) is 0 Å². The predicted molar refractivity (Wildman–Crippen MR) is 67.9 cm³/mol. The molecule has 0 fully saturated rings. The number of carboxylic acid groups (broad SMARTS) is 1. The smallest absolute Gasteiger partial charge is 0.326 e. The summed E-state index contributed by atoms with van der Waals surface area (Å²) in [7, 11) is 1.46. The molecule has 0 heterocycles. The normalized spacial score (nSPS) is 11.8. The summed E-state index contributed by atoms with van der Waals surface area (Å²) < 4.78 is 4.79. The van der Waals surface area contributed by atoms with Crippen molar-refractivity contribution in [1.29, 1.82) is 0 Å². The van der Waals surface area contributed by atoms with Gasteiger partial charge in [-0.05, 0) is 6.07 Å². The molecular weight excluding hydrogens is 250 g/mol. The molecule has 0 aliphatic heterocycles. The first-order valence-electron chi connectivity index (χ1n) is 5.82. The van der Waals surface area contributed by atoms with Gasteiger partial charge in [0.15, 0.2) is 0 Å². The Morgan fingerprint density at radius 3 is 2.63 bits per heavy atom. The number of phenolic OH excluding ortho intramolecular Hbond substituents is 1. The molecule has 3 N–H and O–H groups in total. The quantitative estimate of drug-likeness (QED) is 0.670. The summed E-state index contributed by atoms with van der Waals surface area (Å²) in [6, 6.07) is 5.44. The number of aromatic hydroxyl groups is 1. The Kier molecular flexibility index (Phi) is 5.81. The first kappa shape index (κ1) is 15.0. The third-order valence-corrected chi connectivity index (χ3v) is 2.59. The number of hydrogen-bond donors (Lipinski definition) is 3. The van der Waals surface area contributed by atoms with E-state index < -0.39 is 17.9 Å². The number of carbonyl (C=O) groups is 2. The molecule has 0 aliphatic rings. The van der Waals surface area contributed by atoms with E-state index in [0.29, 0.717) is 5.56 Å². The average molecular weight is 267 g/mol. The van der Waals surface area contributed by atoms with E-state index in [1.165, 1.54) is 13.2 Å². The van der Waals surface area contributed by atoms with Crippen molar-refractivity contribution < 1.29 is 24.5 Å². The minimum Gasteiger partial charge on any atom is -0.508 e. The molecule has 1 amide bonds. The Morgan fingerprint density at radius 1 is 1.37 bits per heavy atom. The lowest BCUT2D eigenvalue weighted by atomic mass is 10.1. The molecule has 1 aromatic carbocycles. The van der Waals surface area contributed by atoms with Crippen molar-refractivity contribution in [1.82, 2.24) is 5.32 Å². The Hall–Kier alpha value is -2.08. The van der Waals surface area contributed by atoms with Gasteiger partial charge in [-0.25, -0.2) is 4.79 Å². The first-order chi connectivity index (χ1) is 9.04. The van der Waals surface area contributed by atoms with Crippen molar-refractivity contribution in [3.63, 3.8) is 0 Å². The first-order valence-corrected chi connectivity index (χ1v) is 5.82. The van der Waals surface area contributed by atoms with E-state index in [4.69, 9.17) is 9.84 Å². The second-order valence-electron chi connectivity index (χ2n) is 4.05. The number of carboxylic acids is 1. The number of benzene rings is 1. The van der Waals surface area contributed by atoms with Crippen LogP contribution >= 0.6 is 0 Å². The summed E-state index contributed by atoms with van der Waals surface area (Å²) in [5.41, 5.74) is 0.455. The fraction of sp³-hybridized carbons (Fsp3) is 0.385. The zero-order valence-electron chi connectivity index (χ0n) is 10.6. The number of para-hydroxylation sites is 1. The molecule has 1 rings (SSSR count). The molecule has 0 radical (unpaired) electrons. The number of rotatable bonds is 7. The van der Waals surface area contributed by atoms with Crippen LogP contribution in [0.3, 0.4) is 0 Å². The van der Waals surface area contributed by atoms with Crippen molar-refractivity contribution in [2.45, 2.75) is 18.9 Å². The van der Waals surface area contributed by atoms with Gasteiger partial charge in [0.1, 0.15) is 11.8 Å². The molecule has 0 aliphatic carbocycles. The van der Waals surface area contributed by atoms with Crippen LogP contribution in [-0.4, -0.2) is 41.8 Å². The minimum atomic E-state index is -1.11. The van der Waals surface area contributed by atoms with E-state index in [1.54, 1.807) is 18.2 Å². The highest BCUT2D eigenvalue weighted by Gasteiger charge is 2.19. The van der Waals surface area contributed by atoms with Crippen LogP contribution in [0.2, 0.25) is 0 Å². The van der Waals surface area contributed by atoms with Gasteiger partial charge in [0, 0.05) is 25.7 Å². The van der Waals surface area contributed by atoms with Crippen LogP contribution in [0, 0.1) is 0 Å². The largest absolute Gasteiger partial charge is 0.508 e. The summed E-state index contributed by atoms with van der Waals surface area (Å²) in [5, 5.41) is 20.9. The number of methoxy groups -OCH3 is 1. The van der Waals surface area contributed by atoms with Crippen LogP contribution < -0.4 is 5.32 Å². The number of nitrogens with one attached hydrogen (secondary N) is 1. The molecule has 104 valence electrons. The molecule has 1 atom stereocenters. The number of amides is 1. The lowest BCUT2D eigenvalue weighted by Crippen LogP contribution is -2.42. The van der Waals surface area contributed by atoms with E-state index in [2.05, 4.69) is 5.32 Å². The van der Waals surface area contributed by atoms with Crippen LogP contribution in [-0.2, 0) is 20.7 Å². The number of hydrogen-bond acceptors (Lipinski definition) is 4. The summed E-state index contributed by atoms with van der Waals surface area (Å²) in [4.78, 5) is 22.7. The van der Waals surface area contributed by atoms with Gasteiger partial charge in [-0.2, -0.15) is 0 Å². The molecule has 0 saturated heterocycles. The SMILES string of the molecule is COCCC(NC(=O)Cc1ccccc1O)C(=O)O. The lowest BCUT2D eigenvalue weighted by Gasteiger charge is -2.14. The van der Waals surface area contributed by atoms with Crippen LogP contribution in [0.5, 0.6) is 5.75 Å². The molecule has 0 saturated carbocycles. The fourth-order valence-corrected chi connectivity index (χ4v) is 1.57. The Balaban J connectivity index is 2.58. The summed E-state index contributed by atoms with van der Waals surface area (Å²) >= 11 is 0. The van der Waals surface area contributed by atoms with Gasteiger partial charge in [-0.15, -0.1) is 0 Å². The van der Waals surface area contributed by atoms with E-state index in [1.807, 2.05) is 0 Å². The zero-order chi connectivity index (χ0) is 14.3. The van der Waals surface area contributed by atoms with E-state index >= 15 is 0 Å². The molecule has 19 heavy (non-hydrogen) atoms. The van der Waals surface area contributed by atoms with Gasteiger partial charge in [0.2, 0.25) is 5.91 Å². The zero-order valence-corrected chi connectivity index (χ0v) is 10.6. The Bertz CT molecular complexity index is 446. The van der Waals surface area contributed by atoms with Crippen LogP contribution in [0.15, 0.2) is 24.3 Å². The van der Waals surface area contributed by atoms with Crippen molar-refractivity contribution in [3.8, 4) is 5.75 Å². The molecule has 0 aromatic heterocycles. The maximum atomic E-state index is 11.7. The average Bonchev–Trinajstić information content (AvgIpc) is 2.37. The molecule has 1 unspecified atom stereocenters. The van der Waals surface area contributed by atoms with Gasteiger partial charge in [-0.1, -0.05) is 18.2 Å². The maximum Gasteiger partial charge on any atom is 0.326 e. The van der Waals surface area contributed by atoms with E-state index in [0.717, 1.165) is 0 Å². The van der Waals surface area contributed by atoms with Gasteiger partial charge < -0.3 is 20.3 Å². The lowest BCUT2D eigenvalue weighted by molar-refractivity contribution is -0.142. The summed E-state index contributed by atoms with van der Waals surface area (Å²) in [6.07, 6.45) is 0.127. The van der Waals surface area contributed by atoms with Crippen molar-refractivity contribution >= 4 is 11.9 Å². The van der Waals surface area contributed by atoms with E-state index in [-0.39, 0.29) is 25.2 Å². The highest BCUT2D eigenvalue weighted by atomic mass is 16.5. The maximum absolute atomic E-state index is 11.7. The summed E-state index contributed by atoms with van der Waals surface area (Å²) in [6.45, 7) is 0.244. The standard InChI is InChI=1S/C13H17NO5/c1-19-7-6-10(13(17)18)14-12(16)8-9-4-2-3-5-11(9)15/h2-5,10,15H,6-8H2,1H3,(H,14,16)(H,17,18). The van der Waals surface area contributed by atoms with Gasteiger partial charge in [0.25, 0.3) is 0 Å². The number of aliphatic carboxylic acids is 1. The van der Waals surface area contributed by atoms with Gasteiger partial charge in [-0.3, -0.25) is 4.79 Å². The molecular formula is C13H17NO5. The number of phenols is 1.